The van der Waals surface area contributed by atoms with Crippen LogP contribution >= 0.6 is 0 Å². The van der Waals surface area contributed by atoms with E-state index in [0.717, 1.165) is 42.5 Å². The number of rotatable bonds is 7. The molecule has 128 valence electrons. The molecular weight excluding hydrogens is 288 g/mol. The Kier molecular flexibility index (Phi) is 7.59. The fourth-order valence-corrected chi connectivity index (χ4v) is 2.78. The van der Waals surface area contributed by atoms with Crippen molar-refractivity contribution in [3.05, 3.63) is 29.3 Å². The number of hydrogen-bond acceptors (Lipinski definition) is 2. The molecule has 0 saturated carbocycles. The van der Waals surface area contributed by atoms with Gasteiger partial charge in [-0.05, 0) is 36.8 Å². The SMILES string of the molecule is CCCN(C(=N)N)C(=O)N(CCC)c1c(CC)cccc1CC. The number of guanidine groups is 1. The molecule has 0 fully saturated rings. The lowest BCUT2D eigenvalue weighted by molar-refractivity contribution is 0.226. The number of carbonyl (C=O) groups excluding carboxylic acids is 1. The molecular formula is C18H30N4O. The molecule has 0 heterocycles. The maximum atomic E-state index is 13.0. The molecule has 0 radical (unpaired) electrons. The summed E-state index contributed by atoms with van der Waals surface area (Å²) in [6, 6.07) is 5.99. The number of nitrogens with one attached hydrogen (secondary N) is 1. The van der Waals surface area contributed by atoms with Gasteiger partial charge in [0, 0.05) is 13.1 Å². The summed E-state index contributed by atoms with van der Waals surface area (Å²) in [5.41, 5.74) is 8.95. The van der Waals surface area contributed by atoms with Gasteiger partial charge < -0.3 is 5.73 Å². The lowest BCUT2D eigenvalue weighted by Gasteiger charge is -2.32. The van der Waals surface area contributed by atoms with E-state index >= 15 is 0 Å². The van der Waals surface area contributed by atoms with Crippen molar-refractivity contribution in [1.29, 1.82) is 5.41 Å². The molecule has 23 heavy (non-hydrogen) atoms. The van der Waals surface area contributed by atoms with E-state index in [2.05, 4.69) is 32.9 Å². The fraction of sp³-hybridized carbons (Fsp3) is 0.556. The second-order valence-electron chi connectivity index (χ2n) is 5.60. The molecule has 0 aliphatic carbocycles. The van der Waals surface area contributed by atoms with Crippen molar-refractivity contribution in [2.24, 2.45) is 5.73 Å². The standard InChI is InChI=1S/C18H30N4O/c1-5-12-21(18(23)22(13-6-2)17(19)20)16-14(7-3)10-9-11-15(16)8-4/h9-11H,5-8,12-13H2,1-4H3,(H3,19,20). The van der Waals surface area contributed by atoms with Crippen molar-refractivity contribution < 1.29 is 4.79 Å². The first-order valence-corrected chi connectivity index (χ1v) is 8.55. The van der Waals surface area contributed by atoms with Crippen LogP contribution in [0.5, 0.6) is 0 Å². The lowest BCUT2D eigenvalue weighted by atomic mass is 10.0. The normalized spacial score (nSPS) is 10.4. The Bertz CT molecular complexity index is 520. The summed E-state index contributed by atoms with van der Waals surface area (Å²) in [4.78, 5) is 16.2. The second kappa shape index (κ2) is 9.18. The van der Waals surface area contributed by atoms with Crippen molar-refractivity contribution >= 4 is 17.7 Å². The molecule has 1 aromatic carbocycles. The highest BCUT2D eigenvalue weighted by atomic mass is 16.2. The van der Waals surface area contributed by atoms with Gasteiger partial charge in [-0.2, -0.15) is 0 Å². The van der Waals surface area contributed by atoms with Gasteiger partial charge in [0.2, 0.25) is 0 Å². The average Bonchev–Trinajstić information content (AvgIpc) is 2.56. The third-order valence-electron chi connectivity index (χ3n) is 3.88. The van der Waals surface area contributed by atoms with E-state index in [4.69, 9.17) is 11.1 Å². The number of benzene rings is 1. The summed E-state index contributed by atoms with van der Waals surface area (Å²) in [5, 5.41) is 7.73. The zero-order valence-electron chi connectivity index (χ0n) is 14.9. The highest BCUT2D eigenvalue weighted by molar-refractivity contribution is 6.03. The Hall–Kier alpha value is -2.04. The maximum absolute atomic E-state index is 13.0. The zero-order chi connectivity index (χ0) is 17.4. The average molecular weight is 318 g/mol. The Morgan fingerprint density at radius 1 is 1.04 bits per heavy atom. The van der Waals surface area contributed by atoms with E-state index in [9.17, 15) is 4.79 Å². The summed E-state index contributed by atoms with van der Waals surface area (Å²) < 4.78 is 0. The van der Waals surface area contributed by atoms with Gasteiger partial charge in [-0.3, -0.25) is 15.2 Å². The maximum Gasteiger partial charge on any atom is 0.331 e. The number of nitrogens with zero attached hydrogens (tertiary/aromatic N) is 2. The van der Waals surface area contributed by atoms with Gasteiger partial charge in [0.05, 0.1) is 5.69 Å². The molecule has 1 rings (SSSR count). The highest BCUT2D eigenvalue weighted by Gasteiger charge is 2.26. The van der Waals surface area contributed by atoms with Crippen molar-refractivity contribution in [3.63, 3.8) is 0 Å². The molecule has 0 spiro atoms. The quantitative estimate of drug-likeness (QED) is 0.593. The molecule has 0 aliphatic rings. The van der Waals surface area contributed by atoms with Gasteiger partial charge >= 0.3 is 6.03 Å². The predicted octanol–water partition coefficient (Wildman–Crippen LogP) is 3.75. The Morgan fingerprint density at radius 3 is 1.96 bits per heavy atom. The Labute approximate surface area is 140 Å². The zero-order valence-corrected chi connectivity index (χ0v) is 14.9. The largest absolute Gasteiger partial charge is 0.370 e. The predicted molar refractivity (Wildman–Crippen MR) is 97.1 cm³/mol. The molecule has 0 atom stereocenters. The van der Waals surface area contributed by atoms with Crippen LogP contribution in [0.2, 0.25) is 0 Å². The van der Waals surface area contributed by atoms with Crippen LogP contribution in [0.25, 0.3) is 0 Å². The number of urea groups is 1. The minimum absolute atomic E-state index is 0.190. The second-order valence-corrected chi connectivity index (χ2v) is 5.60. The molecule has 5 nitrogen and oxygen atoms in total. The van der Waals surface area contributed by atoms with Crippen LogP contribution in [0.15, 0.2) is 18.2 Å². The first-order valence-electron chi connectivity index (χ1n) is 8.55. The minimum atomic E-state index is -0.197. The van der Waals surface area contributed by atoms with Crippen LogP contribution in [-0.2, 0) is 12.8 Å². The Balaban J connectivity index is 3.36. The van der Waals surface area contributed by atoms with E-state index < -0.39 is 0 Å². The van der Waals surface area contributed by atoms with Crippen LogP contribution in [0.1, 0.15) is 51.7 Å². The van der Waals surface area contributed by atoms with Crippen molar-refractivity contribution in [1.82, 2.24) is 4.90 Å². The van der Waals surface area contributed by atoms with Gasteiger partial charge in [-0.1, -0.05) is 45.9 Å². The number of anilines is 1. The number of hydrogen-bond donors (Lipinski definition) is 2. The smallest absolute Gasteiger partial charge is 0.331 e. The summed E-state index contributed by atoms with van der Waals surface area (Å²) in [6.07, 6.45) is 3.35. The van der Waals surface area contributed by atoms with Crippen LogP contribution in [0, 0.1) is 5.41 Å². The van der Waals surface area contributed by atoms with Crippen LogP contribution in [0.3, 0.4) is 0 Å². The topological polar surface area (TPSA) is 73.4 Å². The monoisotopic (exact) mass is 318 g/mol. The summed E-state index contributed by atoms with van der Waals surface area (Å²) in [6.45, 7) is 9.31. The van der Waals surface area contributed by atoms with Crippen LogP contribution < -0.4 is 10.6 Å². The van der Waals surface area contributed by atoms with Gasteiger partial charge in [0.25, 0.3) is 0 Å². The number of carbonyl (C=O) groups is 1. The van der Waals surface area contributed by atoms with Gasteiger partial charge in [0.15, 0.2) is 5.96 Å². The molecule has 0 bridgehead atoms. The van der Waals surface area contributed by atoms with E-state index in [0.29, 0.717) is 13.1 Å². The van der Waals surface area contributed by atoms with E-state index in [1.165, 1.54) is 4.90 Å². The first kappa shape index (κ1) is 19.0. The third kappa shape index (κ3) is 4.47. The summed E-state index contributed by atoms with van der Waals surface area (Å²) in [5.74, 6) is -0.190. The van der Waals surface area contributed by atoms with Crippen molar-refractivity contribution in [3.8, 4) is 0 Å². The minimum Gasteiger partial charge on any atom is -0.370 e. The highest BCUT2D eigenvalue weighted by Crippen LogP contribution is 2.28. The van der Waals surface area contributed by atoms with Crippen molar-refractivity contribution in [2.75, 3.05) is 18.0 Å². The van der Waals surface area contributed by atoms with Gasteiger partial charge in [0.1, 0.15) is 0 Å². The number of para-hydroxylation sites is 1. The number of nitrogens with two attached hydrogens (primary N) is 1. The summed E-state index contributed by atoms with van der Waals surface area (Å²) >= 11 is 0. The lowest BCUT2D eigenvalue weighted by Crippen LogP contribution is -2.50. The third-order valence-corrected chi connectivity index (χ3v) is 3.88. The van der Waals surface area contributed by atoms with Crippen LogP contribution in [-0.4, -0.2) is 30.0 Å². The molecule has 2 amide bonds. The molecule has 0 aromatic heterocycles. The molecule has 5 heteroatoms. The fourth-order valence-electron chi connectivity index (χ4n) is 2.78. The number of amides is 2. The summed E-state index contributed by atoms with van der Waals surface area (Å²) in [7, 11) is 0. The molecule has 0 unspecified atom stereocenters. The molecule has 0 aliphatic heterocycles. The van der Waals surface area contributed by atoms with E-state index in [1.807, 2.05) is 13.0 Å². The van der Waals surface area contributed by atoms with Gasteiger partial charge in [-0.15, -0.1) is 0 Å². The number of aryl methyl sites for hydroxylation is 2. The molecule has 3 N–H and O–H groups in total. The Morgan fingerprint density at radius 2 is 1.57 bits per heavy atom. The van der Waals surface area contributed by atoms with Gasteiger partial charge in [-0.25, -0.2) is 4.79 Å². The molecule has 0 saturated heterocycles. The van der Waals surface area contributed by atoms with Crippen molar-refractivity contribution in [2.45, 2.75) is 53.4 Å². The molecule has 1 aromatic rings. The first-order chi connectivity index (χ1) is 11.0. The van der Waals surface area contributed by atoms with E-state index in [1.54, 1.807) is 4.90 Å². The van der Waals surface area contributed by atoms with E-state index in [-0.39, 0.29) is 12.0 Å². The van der Waals surface area contributed by atoms with Crippen LogP contribution in [0.4, 0.5) is 10.5 Å².